The molecule has 2 heterocycles. The zero-order valence-corrected chi connectivity index (χ0v) is 16.3. The summed E-state index contributed by atoms with van der Waals surface area (Å²) in [5.74, 6) is 1.99. The first kappa shape index (κ1) is 19.2. The van der Waals surface area contributed by atoms with Gasteiger partial charge in [0.25, 0.3) is 0 Å². The zero-order chi connectivity index (χ0) is 19.2. The Morgan fingerprint density at radius 2 is 2.11 bits per heavy atom. The number of guanidine groups is 1. The molecule has 1 aromatic heterocycles. The van der Waals surface area contributed by atoms with Gasteiger partial charge in [0.2, 0.25) is 5.91 Å². The van der Waals surface area contributed by atoms with Crippen molar-refractivity contribution < 1.29 is 13.9 Å². The van der Waals surface area contributed by atoms with Gasteiger partial charge in [0.05, 0.1) is 13.2 Å². The van der Waals surface area contributed by atoms with Gasteiger partial charge in [-0.05, 0) is 18.6 Å². The minimum atomic E-state index is -0.0318. The second-order valence-corrected chi connectivity index (χ2v) is 7.15. The number of nitrogens with zero attached hydrogens (tertiary/aromatic N) is 3. The maximum atomic E-state index is 11.9. The monoisotopic (exact) mass is 372 g/mol. The van der Waals surface area contributed by atoms with E-state index in [0.717, 1.165) is 42.9 Å². The quantitative estimate of drug-likeness (QED) is 0.620. The van der Waals surface area contributed by atoms with Crippen LogP contribution in [0.1, 0.15) is 12.2 Å². The second kappa shape index (κ2) is 8.90. The minimum Gasteiger partial charge on any atom is -0.459 e. The highest BCUT2D eigenvalue weighted by atomic mass is 16.5. The van der Waals surface area contributed by atoms with Crippen molar-refractivity contribution in [3.8, 4) is 0 Å². The predicted octanol–water partition coefficient (Wildman–Crippen LogP) is 1.93. The molecule has 0 saturated carbocycles. The normalized spacial score (nSPS) is 17.3. The molecule has 0 spiro atoms. The number of hydrogen-bond acceptors (Lipinski definition) is 4. The third-order valence-corrected chi connectivity index (χ3v) is 4.67. The Kier molecular flexibility index (Phi) is 6.34. The number of likely N-dealkylation sites (N-methyl/N-ethyl adjacent to an activating group) is 1. The SMILES string of the molecule is CN(C)C(=O)CN=C(NCC1CCOC1)N(C)Cc1cc2ccccc2o1. The number of fused-ring (bicyclic) bond motifs is 1. The molecule has 0 bridgehead atoms. The van der Waals surface area contributed by atoms with E-state index in [1.54, 1.807) is 19.0 Å². The summed E-state index contributed by atoms with van der Waals surface area (Å²) < 4.78 is 11.4. The molecule has 0 radical (unpaired) electrons. The predicted molar refractivity (Wildman–Crippen MR) is 106 cm³/mol. The maximum absolute atomic E-state index is 11.9. The third-order valence-electron chi connectivity index (χ3n) is 4.67. The molecule has 7 nitrogen and oxygen atoms in total. The molecule has 1 saturated heterocycles. The number of benzene rings is 1. The van der Waals surface area contributed by atoms with Gasteiger partial charge in [-0.15, -0.1) is 0 Å². The van der Waals surface area contributed by atoms with Gasteiger partial charge in [-0.25, -0.2) is 4.99 Å². The number of ether oxygens (including phenoxy) is 1. The number of hydrogen-bond donors (Lipinski definition) is 1. The van der Waals surface area contributed by atoms with Gasteiger partial charge in [0.15, 0.2) is 5.96 Å². The van der Waals surface area contributed by atoms with E-state index in [-0.39, 0.29) is 12.5 Å². The molecule has 1 aromatic carbocycles. The van der Waals surface area contributed by atoms with Crippen molar-refractivity contribution in [2.75, 3.05) is 47.4 Å². The number of para-hydroxylation sites is 1. The average molecular weight is 372 g/mol. The molecule has 2 aromatic rings. The number of carbonyl (C=O) groups is 1. The van der Waals surface area contributed by atoms with Gasteiger partial charge >= 0.3 is 0 Å². The fraction of sp³-hybridized carbons (Fsp3) is 0.500. The number of rotatable bonds is 6. The lowest BCUT2D eigenvalue weighted by molar-refractivity contribution is -0.127. The number of carbonyl (C=O) groups excluding carboxylic acids is 1. The number of amides is 1. The van der Waals surface area contributed by atoms with E-state index >= 15 is 0 Å². The van der Waals surface area contributed by atoms with E-state index in [1.165, 1.54) is 0 Å². The van der Waals surface area contributed by atoms with Crippen LogP contribution in [0.2, 0.25) is 0 Å². The average Bonchev–Trinajstić information content (AvgIpc) is 3.29. The summed E-state index contributed by atoms with van der Waals surface area (Å²) in [6.45, 7) is 3.04. The van der Waals surface area contributed by atoms with E-state index in [9.17, 15) is 4.79 Å². The fourth-order valence-corrected chi connectivity index (χ4v) is 3.00. The van der Waals surface area contributed by atoms with Gasteiger partial charge < -0.3 is 24.3 Å². The summed E-state index contributed by atoms with van der Waals surface area (Å²) in [7, 11) is 5.42. The molecule has 1 N–H and O–H groups in total. The molecule has 0 aliphatic carbocycles. The molecule has 1 fully saturated rings. The summed E-state index contributed by atoms with van der Waals surface area (Å²) in [6, 6.07) is 9.99. The molecule has 27 heavy (non-hydrogen) atoms. The van der Waals surface area contributed by atoms with Crippen molar-refractivity contribution in [2.24, 2.45) is 10.9 Å². The molecule has 1 atom stereocenters. The highest BCUT2D eigenvalue weighted by Crippen LogP contribution is 2.19. The van der Waals surface area contributed by atoms with Crippen molar-refractivity contribution in [1.29, 1.82) is 0 Å². The zero-order valence-electron chi connectivity index (χ0n) is 16.3. The second-order valence-electron chi connectivity index (χ2n) is 7.15. The Morgan fingerprint density at radius 1 is 1.30 bits per heavy atom. The van der Waals surface area contributed by atoms with Gasteiger partial charge in [0, 0.05) is 45.6 Å². The Bertz CT molecular complexity index is 760. The first-order chi connectivity index (χ1) is 13.0. The molecule has 7 heteroatoms. The largest absolute Gasteiger partial charge is 0.459 e. The van der Waals surface area contributed by atoms with Crippen molar-refractivity contribution in [3.63, 3.8) is 0 Å². The molecular weight excluding hydrogens is 344 g/mol. The first-order valence-corrected chi connectivity index (χ1v) is 9.27. The van der Waals surface area contributed by atoms with Crippen LogP contribution < -0.4 is 5.32 Å². The van der Waals surface area contributed by atoms with E-state index in [0.29, 0.717) is 18.4 Å². The molecule has 146 valence electrons. The van der Waals surface area contributed by atoms with Crippen molar-refractivity contribution in [2.45, 2.75) is 13.0 Å². The maximum Gasteiger partial charge on any atom is 0.243 e. The first-order valence-electron chi connectivity index (χ1n) is 9.27. The lowest BCUT2D eigenvalue weighted by Gasteiger charge is -2.23. The number of aliphatic imine (C=N–C) groups is 1. The highest BCUT2D eigenvalue weighted by molar-refractivity contribution is 5.85. The molecule has 1 amide bonds. The van der Waals surface area contributed by atoms with Crippen LogP contribution in [-0.2, 0) is 16.1 Å². The summed E-state index contributed by atoms with van der Waals surface area (Å²) >= 11 is 0. The standard InChI is InChI=1S/C20H28N4O3/c1-23(2)19(25)12-22-20(21-11-15-8-9-26-14-15)24(3)13-17-10-16-6-4-5-7-18(16)27-17/h4-7,10,15H,8-9,11-14H2,1-3H3,(H,21,22). The van der Waals surface area contributed by atoms with Gasteiger partial charge in [-0.3, -0.25) is 4.79 Å². The van der Waals surface area contributed by atoms with E-state index in [1.807, 2.05) is 42.3 Å². The molecule has 1 aliphatic rings. The lowest BCUT2D eigenvalue weighted by Crippen LogP contribution is -2.41. The number of nitrogens with one attached hydrogen (secondary N) is 1. The van der Waals surface area contributed by atoms with Crippen molar-refractivity contribution >= 4 is 22.8 Å². The molecular formula is C20H28N4O3. The Balaban J connectivity index is 1.68. The van der Waals surface area contributed by atoms with Gasteiger partial charge in [0.1, 0.15) is 17.9 Å². The molecule has 3 rings (SSSR count). The van der Waals surface area contributed by atoms with Gasteiger partial charge in [-0.2, -0.15) is 0 Å². The van der Waals surface area contributed by atoms with E-state index in [4.69, 9.17) is 9.15 Å². The highest BCUT2D eigenvalue weighted by Gasteiger charge is 2.18. The Hall–Kier alpha value is -2.54. The molecule has 1 aliphatic heterocycles. The summed E-state index contributed by atoms with van der Waals surface area (Å²) in [6.07, 6.45) is 1.05. The Labute approximate surface area is 160 Å². The minimum absolute atomic E-state index is 0.0318. The van der Waals surface area contributed by atoms with Crippen molar-refractivity contribution in [3.05, 3.63) is 36.1 Å². The van der Waals surface area contributed by atoms with Crippen LogP contribution in [-0.4, -0.2) is 69.1 Å². The van der Waals surface area contributed by atoms with Crippen LogP contribution in [0, 0.1) is 5.92 Å². The van der Waals surface area contributed by atoms with Crippen LogP contribution in [0.15, 0.2) is 39.7 Å². The fourth-order valence-electron chi connectivity index (χ4n) is 3.00. The Morgan fingerprint density at radius 3 is 2.81 bits per heavy atom. The smallest absolute Gasteiger partial charge is 0.243 e. The van der Waals surface area contributed by atoms with Crippen LogP contribution >= 0.6 is 0 Å². The van der Waals surface area contributed by atoms with Crippen LogP contribution in [0.4, 0.5) is 0 Å². The van der Waals surface area contributed by atoms with Crippen molar-refractivity contribution in [1.82, 2.24) is 15.1 Å². The summed E-state index contributed by atoms with van der Waals surface area (Å²) in [4.78, 5) is 20.0. The topological polar surface area (TPSA) is 70.3 Å². The van der Waals surface area contributed by atoms with Crippen LogP contribution in [0.3, 0.4) is 0 Å². The number of furan rings is 1. The van der Waals surface area contributed by atoms with Crippen LogP contribution in [0.5, 0.6) is 0 Å². The van der Waals surface area contributed by atoms with E-state index < -0.39 is 0 Å². The van der Waals surface area contributed by atoms with Crippen LogP contribution in [0.25, 0.3) is 11.0 Å². The van der Waals surface area contributed by atoms with Gasteiger partial charge in [-0.1, -0.05) is 18.2 Å². The third kappa shape index (κ3) is 5.23. The van der Waals surface area contributed by atoms with E-state index in [2.05, 4.69) is 10.3 Å². The molecule has 1 unspecified atom stereocenters. The summed E-state index contributed by atoms with van der Waals surface area (Å²) in [5.41, 5.74) is 0.873. The lowest BCUT2D eigenvalue weighted by atomic mass is 10.1. The summed E-state index contributed by atoms with van der Waals surface area (Å²) in [5, 5.41) is 4.47.